The highest BCUT2D eigenvalue weighted by Crippen LogP contribution is 2.41. The number of hydrogen-bond acceptors (Lipinski definition) is 2. The monoisotopic (exact) mass is 170 g/mol. The van der Waals surface area contributed by atoms with Crippen molar-refractivity contribution < 1.29 is 10.2 Å². The zero-order chi connectivity index (χ0) is 9.41. The van der Waals surface area contributed by atoms with Crippen LogP contribution in [-0.2, 0) is 0 Å². The van der Waals surface area contributed by atoms with Crippen molar-refractivity contribution in [2.24, 2.45) is 5.41 Å². The summed E-state index contributed by atoms with van der Waals surface area (Å²) in [5.41, 5.74) is -0.954. The lowest BCUT2D eigenvalue weighted by Gasteiger charge is -2.43. The Kier molecular flexibility index (Phi) is 2.32. The molecular formula is C10H18O2. The molecule has 0 heterocycles. The van der Waals surface area contributed by atoms with Crippen LogP contribution in [0, 0.1) is 5.41 Å². The second kappa shape index (κ2) is 2.86. The summed E-state index contributed by atoms with van der Waals surface area (Å²) in [7, 11) is 0. The summed E-state index contributed by atoms with van der Waals surface area (Å²) in [6, 6.07) is 0. The van der Waals surface area contributed by atoms with E-state index in [-0.39, 0.29) is 11.5 Å². The summed E-state index contributed by atoms with van der Waals surface area (Å²) in [5.74, 6) is 0. The fourth-order valence-electron chi connectivity index (χ4n) is 1.95. The highest BCUT2D eigenvalue weighted by Gasteiger charge is 2.41. The van der Waals surface area contributed by atoms with Gasteiger partial charge in [0.15, 0.2) is 0 Å². The Morgan fingerprint density at radius 3 is 2.50 bits per heavy atom. The summed E-state index contributed by atoms with van der Waals surface area (Å²) < 4.78 is 0. The molecule has 1 saturated carbocycles. The molecule has 2 N–H and O–H groups in total. The number of aliphatic hydroxyl groups is 2. The summed E-state index contributed by atoms with van der Waals surface area (Å²) in [5, 5.41) is 19.5. The molecule has 12 heavy (non-hydrogen) atoms. The molecule has 2 heteroatoms. The van der Waals surface area contributed by atoms with Crippen LogP contribution in [0.1, 0.15) is 33.1 Å². The SMILES string of the molecule is C=CC1(O)CC[C@@H](O)C(C)(C)C1. The molecule has 0 spiro atoms. The van der Waals surface area contributed by atoms with E-state index in [0.29, 0.717) is 19.3 Å². The van der Waals surface area contributed by atoms with Crippen LogP contribution in [-0.4, -0.2) is 21.9 Å². The minimum absolute atomic E-state index is 0.193. The maximum Gasteiger partial charge on any atom is 0.0832 e. The molecule has 1 rings (SSSR count). The van der Waals surface area contributed by atoms with Crippen LogP contribution < -0.4 is 0 Å². The van der Waals surface area contributed by atoms with Crippen molar-refractivity contribution in [3.8, 4) is 0 Å². The first-order valence-corrected chi connectivity index (χ1v) is 4.44. The molecule has 0 saturated heterocycles. The van der Waals surface area contributed by atoms with Crippen LogP contribution in [0.2, 0.25) is 0 Å². The minimum atomic E-state index is -0.761. The van der Waals surface area contributed by atoms with Crippen molar-refractivity contribution in [1.29, 1.82) is 0 Å². The molecule has 0 aliphatic heterocycles. The zero-order valence-corrected chi connectivity index (χ0v) is 7.88. The third-order valence-corrected chi connectivity index (χ3v) is 2.89. The minimum Gasteiger partial charge on any atom is -0.393 e. The summed E-state index contributed by atoms with van der Waals surface area (Å²) in [4.78, 5) is 0. The molecule has 0 aromatic carbocycles. The Morgan fingerprint density at radius 1 is 1.50 bits per heavy atom. The standard InChI is InChI=1S/C10H18O2/c1-4-10(12)6-5-8(11)9(2,3)7-10/h4,8,11-12H,1,5-7H2,2-3H3/t8-,10?/m1/s1. The molecule has 1 unspecified atom stereocenters. The van der Waals surface area contributed by atoms with Gasteiger partial charge in [-0.3, -0.25) is 0 Å². The number of aliphatic hydroxyl groups excluding tert-OH is 1. The molecule has 0 aromatic heterocycles. The van der Waals surface area contributed by atoms with E-state index < -0.39 is 5.60 Å². The summed E-state index contributed by atoms with van der Waals surface area (Å²) in [6.45, 7) is 7.57. The van der Waals surface area contributed by atoms with Crippen LogP contribution in [0.25, 0.3) is 0 Å². The van der Waals surface area contributed by atoms with Gasteiger partial charge in [-0.2, -0.15) is 0 Å². The van der Waals surface area contributed by atoms with E-state index in [9.17, 15) is 10.2 Å². The Balaban J connectivity index is 2.75. The summed E-state index contributed by atoms with van der Waals surface area (Å²) in [6.07, 6.45) is 3.19. The van der Waals surface area contributed by atoms with E-state index in [0.717, 1.165) is 0 Å². The van der Waals surface area contributed by atoms with Gasteiger partial charge in [-0.15, -0.1) is 6.58 Å². The first kappa shape index (κ1) is 9.75. The average Bonchev–Trinajstić information content (AvgIpc) is 1.97. The van der Waals surface area contributed by atoms with Crippen LogP contribution in [0.4, 0.5) is 0 Å². The third kappa shape index (κ3) is 1.70. The third-order valence-electron chi connectivity index (χ3n) is 2.89. The second-order valence-corrected chi connectivity index (χ2v) is 4.53. The fourth-order valence-corrected chi connectivity index (χ4v) is 1.95. The predicted molar refractivity (Wildman–Crippen MR) is 48.8 cm³/mol. The lowest BCUT2D eigenvalue weighted by atomic mass is 9.68. The van der Waals surface area contributed by atoms with E-state index in [4.69, 9.17) is 0 Å². The molecule has 1 fully saturated rings. The first-order chi connectivity index (χ1) is 5.40. The van der Waals surface area contributed by atoms with Gasteiger partial charge >= 0.3 is 0 Å². The average molecular weight is 170 g/mol. The quantitative estimate of drug-likeness (QED) is 0.585. The van der Waals surface area contributed by atoms with E-state index in [1.807, 2.05) is 13.8 Å². The van der Waals surface area contributed by atoms with Gasteiger partial charge in [0.25, 0.3) is 0 Å². The topological polar surface area (TPSA) is 40.5 Å². The normalized spacial score (nSPS) is 40.8. The molecule has 1 aliphatic rings. The zero-order valence-electron chi connectivity index (χ0n) is 7.88. The Hall–Kier alpha value is -0.340. The summed E-state index contributed by atoms with van der Waals surface area (Å²) >= 11 is 0. The molecule has 1 aliphatic carbocycles. The van der Waals surface area contributed by atoms with Crippen molar-refractivity contribution in [2.75, 3.05) is 0 Å². The van der Waals surface area contributed by atoms with Crippen LogP contribution in [0.5, 0.6) is 0 Å². The van der Waals surface area contributed by atoms with E-state index in [1.54, 1.807) is 6.08 Å². The maximum absolute atomic E-state index is 9.90. The lowest BCUT2D eigenvalue weighted by Crippen LogP contribution is -2.45. The molecular weight excluding hydrogens is 152 g/mol. The fraction of sp³-hybridized carbons (Fsp3) is 0.800. The van der Waals surface area contributed by atoms with Crippen LogP contribution >= 0.6 is 0 Å². The lowest BCUT2D eigenvalue weighted by molar-refractivity contribution is -0.0728. The van der Waals surface area contributed by atoms with Crippen LogP contribution in [0.3, 0.4) is 0 Å². The van der Waals surface area contributed by atoms with E-state index in [1.165, 1.54) is 0 Å². The van der Waals surface area contributed by atoms with Gasteiger partial charge in [-0.1, -0.05) is 19.9 Å². The van der Waals surface area contributed by atoms with Crippen LogP contribution in [0.15, 0.2) is 12.7 Å². The molecule has 0 bridgehead atoms. The van der Waals surface area contributed by atoms with Crippen molar-refractivity contribution >= 4 is 0 Å². The molecule has 0 amide bonds. The van der Waals surface area contributed by atoms with Crippen molar-refractivity contribution in [3.05, 3.63) is 12.7 Å². The van der Waals surface area contributed by atoms with E-state index >= 15 is 0 Å². The highest BCUT2D eigenvalue weighted by atomic mass is 16.3. The Bertz CT molecular complexity index is 186. The molecule has 0 aromatic rings. The maximum atomic E-state index is 9.90. The Morgan fingerprint density at radius 2 is 2.08 bits per heavy atom. The number of hydrogen-bond donors (Lipinski definition) is 2. The first-order valence-electron chi connectivity index (χ1n) is 4.44. The van der Waals surface area contributed by atoms with Gasteiger partial charge < -0.3 is 10.2 Å². The second-order valence-electron chi connectivity index (χ2n) is 4.53. The predicted octanol–water partition coefficient (Wildman–Crippen LogP) is 1.47. The molecule has 70 valence electrons. The van der Waals surface area contributed by atoms with E-state index in [2.05, 4.69) is 6.58 Å². The van der Waals surface area contributed by atoms with Gasteiger partial charge in [0, 0.05) is 0 Å². The Labute approximate surface area is 73.9 Å². The molecule has 2 nitrogen and oxygen atoms in total. The van der Waals surface area contributed by atoms with Gasteiger partial charge in [0.1, 0.15) is 0 Å². The molecule has 0 radical (unpaired) electrons. The smallest absolute Gasteiger partial charge is 0.0832 e. The van der Waals surface area contributed by atoms with Gasteiger partial charge in [0.2, 0.25) is 0 Å². The van der Waals surface area contributed by atoms with Gasteiger partial charge in [-0.25, -0.2) is 0 Å². The van der Waals surface area contributed by atoms with Crippen molar-refractivity contribution in [3.63, 3.8) is 0 Å². The van der Waals surface area contributed by atoms with Gasteiger partial charge in [0.05, 0.1) is 11.7 Å². The highest BCUT2D eigenvalue weighted by molar-refractivity contribution is 5.04. The van der Waals surface area contributed by atoms with Crippen molar-refractivity contribution in [1.82, 2.24) is 0 Å². The molecule has 2 atom stereocenters. The van der Waals surface area contributed by atoms with Crippen molar-refractivity contribution in [2.45, 2.75) is 44.8 Å². The number of rotatable bonds is 1. The largest absolute Gasteiger partial charge is 0.393 e. The van der Waals surface area contributed by atoms with Gasteiger partial charge in [-0.05, 0) is 24.7 Å².